The van der Waals surface area contributed by atoms with E-state index in [0.717, 1.165) is 0 Å². The van der Waals surface area contributed by atoms with E-state index in [-0.39, 0.29) is 0 Å². The Bertz CT molecular complexity index is 441. The van der Waals surface area contributed by atoms with Gasteiger partial charge in [0, 0.05) is 12.1 Å². The molecule has 2 N–H and O–H groups in total. The van der Waals surface area contributed by atoms with Crippen molar-refractivity contribution in [1.82, 2.24) is 0 Å². The van der Waals surface area contributed by atoms with Gasteiger partial charge in [-0.2, -0.15) is 0 Å². The van der Waals surface area contributed by atoms with Gasteiger partial charge in [-0.1, -0.05) is 12.1 Å². The largest absolute Gasteiger partial charge is 0.444 e. The zero-order chi connectivity index (χ0) is 15.3. The van der Waals surface area contributed by atoms with E-state index in [1.54, 1.807) is 20.8 Å². The average Bonchev–Trinajstić information content (AvgIpc) is 2.26. The number of alkyl halides is 2. The van der Waals surface area contributed by atoms with Gasteiger partial charge in [0.2, 0.25) is 6.43 Å². The highest BCUT2D eigenvalue weighted by Crippen LogP contribution is 2.22. The van der Waals surface area contributed by atoms with E-state index in [0.29, 0.717) is 11.3 Å². The smallest absolute Gasteiger partial charge is 0.412 e. The molecule has 1 atom stereocenters. The summed E-state index contributed by atoms with van der Waals surface area (Å²) in [6, 6.07) is 6.02. The lowest BCUT2D eigenvalue weighted by atomic mass is 10.1. The summed E-state index contributed by atoms with van der Waals surface area (Å²) in [5, 5.41) is 12.0. The number of rotatable bonds is 4. The zero-order valence-corrected chi connectivity index (χ0v) is 11.7. The van der Waals surface area contributed by atoms with Gasteiger partial charge in [-0.25, -0.2) is 13.6 Å². The minimum absolute atomic E-state index is 0.375. The predicted molar refractivity (Wildman–Crippen MR) is 71.9 cm³/mol. The number of aliphatic hydroxyl groups is 1. The number of nitrogens with one attached hydrogen (secondary N) is 1. The first kappa shape index (κ1) is 16.4. The van der Waals surface area contributed by atoms with Crippen LogP contribution in [0.3, 0.4) is 0 Å². The van der Waals surface area contributed by atoms with Crippen LogP contribution < -0.4 is 5.32 Å². The Balaban J connectivity index is 2.61. The number of hydrogen-bond acceptors (Lipinski definition) is 3. The highest BCUT2D eigenvalue weighted by atomic mass is 19.3. The van der Waals surface area contributed by atoms with Crippen LogP contribution in [0.4, 0.5) is 19.3 Å². The van der Waals surface area contributed by atoms with Crippen molar-refractivity contribution in [3.63, 3.8) is 0 Å². The minimum Gasteiger partial charge on any atom is -0.444 e. The second-order valence-electron chi connectivity index (χ2n) is 5.39. The first-order valence-electron chi connectivity index (χ1n) is 6.23. The van der Waals surface area contributed by atoms with Crippen LogP contribution in [-0.2, 0) is 4.74 Å². The quantitative estimate of drug-likeness (QED) is 0.887. The maximum absolute atomic E-state index is 12.1. The van der Waals surface area contributed by atoms with E-state index >= 15 is 0 Å². The number of ether oxygens (including phenoxy) is 1. The van der Waals surface area contributed by atoms with Gasteiger partial charge in [0.25, 0.3) is 0 Å². The van der Waals surface area contributed by atoms with E-state index < -0.39 is 30.6 Å². The van der Waals surface area contributed by atoms with Crippen LogP contribution in [0.2, 0.25) is 0 Å². The summed E-state index contributed by atoms with van der Waals surface area (Å²) in [6.45, 7) is 5.24. The molecule has 0 aliphatic carbocycles. The summed E-state index contributed by atoms with van der Waals surface area (Å²) in [7, 11) is 0. The number of hydrogen-bond donors (Lipinski definition) is 2. The molecule has 6 heteroatoms. The summed E-state index contributed by atoms with van der Waals surface area (Å²) in [5.41, 5.74) is 0.240. The van der Waals surface area contributed by atoms with Crippen molar-refractivity contribution in [2.75, 3.05) is 5.32 Å². The summed E-state index contributed by atoms with van der Waals surface area (Å²) >= 11 is 0. The lowest BCUT2D eigenvalue weighted by molar-refractivity contribution is 0.0609. The molecule has 0 saturated heterocycles. The lowest BCUT2D eigenvalue weighted by Crippen LogP contribution is -2.27. The third-order valence-corrected chi connectivity index (χ3v) is 2.34. The molecule has 0 aromatic heterocycles. The van der Waals surface area contributed by atoms with Crippen LogP contribution >= 0.6 is 0 Å². The van der Waals surface area contributed by atoms with Gasteiger partial charge in [0.1, 0.15) is 5.60 Å². The fourth-order valence-electron chi connectivity index (χ4n) is 1.51. The molecular formula is C14H19F2NO3. The molecule has 0 fully saturated rings. The Kier molecular flexibility index (Phi) is 5.44. The van der Waals surface area contributed by atoms with Crippen LogP contribution in [0, 0.1) is 0 Å². The standard InChI is InChI=1S/C14H19F2NO3/c1-14(2,3)20-13(19)17-10-6-4-9(5-7-10)11(18)8-12(15)16/h4-7,11-12,18H,8H2,1-3H3,(H,17,19). The molecule has 112 valence electrons. The fourth-order valence-corrected chi connectivity index (χ4v) is 1.51. The van der Waals surface area contributed by atoms with E-state index in [1.165, 1.54) is 24.3 Å². The van der Waals surface area contributed by atoms with E-state index in [1.807, 2.05) is 0 Å². The number of benzene rings is 1. The number of anilines is 1. The third-order valence-electron chi connectivity index (χ3n) is 2.34. The van der Waals surface area contributed by atoms with Crippen molar-refractivity contribution >= 4 is 11.8 Å². The number of amides is 1. The van der Waals surface area contributed by atoms with E-state index in [9.17, 15) is 18.7 Å². The van der Waals surface area contributed by atoms with Gasteiger partial charge in [0.05, 0.1) is 6.10 Å². The second kappa shape index (κ2) is 6.65. The fraction of sp³-hybridized carbons (Fsp3) is 0.500. The van der Waals surface area contributed by atoms with Crippen molar-refractivity contribution in [2.45, 2.75) is 45.3 Å². The first-order valence-corrected chi connectivity index (χ1v) is 6.23. The molecule has 0 aliphatic rings. The Morgan fingerprint density at radius 1 is 1.30 bits per heavy atom. The molecule has 1 rings (SSSR count). The number of aliphatic hydroxyl groups excluding tert-OH is 1. The van der Waals surface area contributed by atoms with Gasteiger partial charge in [-0.3, -0.25) is 5.32 Å². The Labute approximate surface area is 116 Å². The first-order chi connectivity index (χ1) is 9.17. The summed E-state index contributed by atoms with van der Waals surface area (Å²) in [5.74, 6) is 0. The summed E-state index contributed by atoms with van der Waals surface area (Å²) < 4.78 is 29.4. The van der Waals surface area contributed by atoms with Crippen LogP contribution in [0.1, 0.15) is 38.9 Å². The molecular weight excluding hydrogens is 268 g/mol. The lowest BCUT2D eigenvalue weighted by Gasteiger charge is -2.19. The van der Waals surface area contributed by atoms with Gasteiger partial charge >= 0.3 is 6.09 Å². The number of halogens is 2. The molecule has 0 heterocycles. The molecule has 1 aromatic carbocycles. The van der Waals surface area contributed by atoms with Crippen LogP contribution in [-0.4, -0.2) is 23.2 Å². The normalized spacial score (nSPS) is 13.2. The maximum atomic E-state index is 12.1. The van der Waals surface area contributed by atoms with Crippen LogP contribution in [0.15, 0.2) is 24.3 Å². The molecule has 0 saturated carbocycles. The summed E-state index contributed by atoms with van der Waals surface area (Å²) in [6.07, 6.45) is -4.99. The Hall–Kier alpha value is -1.69. The van der Waals surface area contributed by atoms with Crippen molar-refractivity contribution in [2.24, 2.45) is 0 Å². The monoisotopic (exact) mass is 287 g/mol. The van der Waals surface area contributed by atoms with Gasteiger partial charge < -0.3 is 9.84 Å². The molecule has 20 heavy (non-hydrogen) atoms. The molecule has 0 spiro atoms. The molecule has 0 bridgehead atoms. The van der Waals surface area contributed by atoms with Crippen molar-refractivity contribution in [3.05, 3.63) is 29.8 Å². The molecule has 0 radical (unpaired) electrons. The third kappa shape index (κ3) is 5.97. The van der Waals surface area contributed by atoms with Gasteiger partial charge in [-0.05, 0) is 38.5 Å². The minimum atomic E-state index is -2.57. The number of carbonyl (C=O) groups excluding carboxylic acids is 1. The molecule has 0 aliphatic heterocycles. The zero-order valence-electron chi connectivity index (χ0n) is 11.7. The maximum Gasteiger partial charge on any atom is 0.412 e. The molecule has 1 amide bonds. The Morgan fingerprint density at radius 2 is 1.85 bits per heavy atom. The predicted octanol–water partition coefficient (Wildman–Crippen LogP) is 3.72. The molecule has 4 nitrogen and oxygen atoms in total. The molecule has 1 aromatic rings. The van der Waals surface area contributed by atoms with Crippen molar-refractivity contribution < 1.29 is 23.4 Å². The van der Waals surface area contributed by atoms with Crippen LogP contribution in [0.25, 0.3) is 0 Å². The van der Waals surface area contributed by atoms with Crippen molar-refractivity contribution in [3.8, 4) is 0 Å². The SMILES string of the molecule is CC(C)(C)OC(=O)Nc1ccc(C(O)CC(F)F)cc1. The average molecular weight is 287 g/mol. The van der Waals surface area contributed by atoms with E-state index in [2.05, 4.69) is 5.32 Å². The number of carbonyl (C=O) groups is 1. The topological polar surface area (TPSA) is 58.6 Å². The highest BCUT2D eigenvalue weighted by Gasteiger charge is 2.17. The second-order valence-corrected chi connectivity index (χ2v) is 5.39. The molecule has 1 unspecified atom stereocenters. The van der Waals surface area contributed by atoms with Crippen molar-refractivity contribution in [1.29, 1.82) is 0 Å². The highest BCUT2D eigenvalue weighted by molar-refractivity contribution is 5.84. The van der Waals surface area contributed by atoms with Gasteiger partial charge in [0.15, 0.2) is 0 Å². The van der Waals surface area contributed by atoms with Gasteiger partial charge in [-0.15, -0.1) is 0 Å². The summed E-state index contributed by atoms with van der Waals surface area (Å²) in [4.78, 5) is 11.5. The van der Waals surface area contributed by atoms with E-state index in [4.69, 9.17) is 4.74 Å². The Morgan fingerprint density at radius 3 is 2.30 bits per heavy atom. The van der Waals surface area contributed by atoms with Crippen LogP contribution in [0.5, 0.6) is 0 Å².